The van der Waals surface area contributed by atoms with E-state index in [1.807, 2.05) is 0 Å². The number of carbonyl (C=O) groups is 1. The van der Waals surface area contributed by atoms with Crippen LogP contribution < -0.4 is 5.32 Å². The Hall–Kier alpha value is -1.97. The SMILES string of the molecule is O=C(N[C@@H](c1cc(F)cc(Cl)c1)C1(O)CCC(F)CC1)c1nccc(C(F)(F)F)c1Cl. The summed E-state index contributed by atoms with van der Waals surface area (Å²) in [6, 6.07) is 2.66. The van der Waals surface area contributed by atoms with E-state index in [2.05, 4.69) is 10.3 Å². The average molecular weight is 483 g/mol. The van der Waals surface area contributed by atoms with Crippen LogP contribution in [0.25, 0.3) is 0 Å². The van der Waals surface area contributed by atoms with Crippen molar-refractivity contribution < 1.29 is 31.9 Å². The molecule has 11 heteroatoms. The first kappa shape index (κ1) is 23.7. The van der Waals surface area contributed by atoms with Crippen LogP contribution in [0, 0.1) is 5.82 Å². The van der Waals surface area contributed by atoms with Gasteiger partial charge >= 0.3 is 6.18 Å². The zero-order valence-corrected chi connectivity index (χ0v) is 17.3. The van der Waals surface area contributed by atoms with Crippen LogP contribution in [0.4, 0.5) is 22.0 Å². The third kappa shape index (κ3) is 5.27. The van der Waals surface area contributed by atoms with Gasteiger partial charge in [0, 0.05) is 11.2 Å². The molecule has 1 aromatic carbocycles. The smallest absolute Gasteiger partial charge is 0.387 e. The van der Waals surface area contributed by atoms with Crippen molar-refractivity contribution in [1.82, 2.24) is 10.3 Å². The van der Waals surface area contributed by atoms with Crippen molar-refractivity contribution in [2.24, 2.45) is 0 Å². The Morgan fingerprint density at radius 3 is 2.45 bits per heavy atom. The highest BCUT2D eigenvalue weighted by molar-refractivity contribution is 6.34. The lowest BCUT2D eigenvalue weighted by Crippen LogP contribution is -2.48. The number of nitrogens with one attached hydrogen (secondary N) is 1. The van der Waals surface area contributed by atoms with E-state index in [0.717, 1.165) is 18.3 Å². The number of alkyl halides is 4. The van der Waals surface area contributed by atoms with Crippen LogP contribution in [-0.2, 0) is 6.18 Å². The first-order valence-corrected chi connectivity index (χ1v) is 10.0. The van der Waals surface area contributed by atoms with Gasteiger partial charge in [0.25, 0.3) is 5.91 Å². The Kier molecular flexibility index (Phi) is 6.78. The molecule has 0 aliphatic heterocycles. The average Bonchev–Trinajstić information content (AvgIpc) is 2.66. The normalized spacial score (nSPS) is 22.8. The lowest BCUT2D eigenvalue weighted by atomic mass is 9.76. The number of hydrogen-bond donors (Lipinski definition) is 2. The molecule has 1 aliphatic carbocycles. The van der Waals surface area contributed by atoms with Gasteiger partial charge in [0.1, 0.15) is 17.7 Å². The highest BCUT2D eigenvalue weighted by Crippen LogP contribution is 2.41. The van der Waals surface area contributed by atoms with E-state index in [0.29, 0.717) is 6.07 Å². The molecule has 1 atom stereocenters. The Morgan fingerprint density at radius 1 is 1.23 bits per heavy atom. The maximum atomic E-state index is 14.0. The second-order valence-electron chi connectivity index (χ2n) is 7.41. The first-order chi connectivity index (χ1) is 14.4. The minimum atomic E-state index is -4.82. The van der Waals surface area contributed by atoms with Gasteiger partial charge in [0.15, 0.2) is 0 Å². The molecule has 2 aromatic rings. The fourth-order valence-corrected chi connectivity index (χ4v) is 4.20. The number of benzene rings is 1. The Bertz CT molecular complexity index is 958. The molecule has 31 heavy (non-hydrogen) atoms. The number of aliphatic hydroxyl groups is 1. The van der Waals surface area contributed by atoms with E-state index in [1.54, 1.807) is 0 Å². The number of hydrogen-bond acceptors (Lipinski definition) is 3. The molecule has 3 rings (SSSR count). The van der Waals surface area contributed by atoms with E-state index in [1.165, 1.54) is 6.07 Å². The summed E-state index contributed by atoms with van der Waals surface area (Å²) in [4.78, 5) is 16.4. The second-order valence-corrected chi connectivity index (χ2v) is 8.22. The topological polar surface area (TPSA) is 62.2 Å². The quantitative estimate of drug-likeness (QED) is 0.552. The van der Waals surface area contributed by atoms with Crippen LogP contribution in [0.5, 0.6) is 0 Å². The summed E-state index contributed by atoms with van der Waals surface area (Å²) in [5.74, 6) is -1.86. The minimum absolute atomic E-state index is 0.00547. The molecule has 1 amide bonds. The van der Waals surface area contributed by atoms with Crippen LogP contribution in [0.2, 0.25) is 10.0 Å². The molecule has 0 unspecified atom stereocenters. The number of nitrogens with zero attached hydrogens (tertiary/aromatic N) is 1. The summed E-state index contributed by atoms with van der Waals surface area (Å²) in [5, 5.41) is 12.6. The van der Waals surface area contributed by atoms with Gasteiger partial charge in [-0.15, -0.1) is 0 Å². The van der Waals surface area contributed by atoms with E-state index in [9.17, 15) is 31.9 Å². The molecular weight excluding hydrogens is 466 g/mol. The summed E-state index contributed by atoms with van der Waals surface area (Å²) in [6.07, 6.45) is -5.34. The van der Waals surface area contributed by atoms with Crippen LogP contribution in [-0.4, -0.2) is 27.8 Å². The zero-order chi connectivity index (χ0) is 23.0. The van der Waals surface area contributed by atoms with Gasteiger partial charge in [-0.1, -0.05) is 23.2 Å². The van der Waals surface area contributed by atoms with Crippen LogP contribution in [0.1, 0.15) is 53.3 Å². The van der Waals surface area contributed by atoms with Crippen molar-refractivity contribution in [2.45, 2.75) is 49.7 Å². The molecule has 2 N–H and O–H groups in total. The molecule has 1 heterocycles. The van der Waals surface area contributed by atoms with Crippen molar-refractivity contribution in [3.8, 4) is 0 Å². The maximum absolute atomic E-state index is 14.0. The van der Waals surface area contributed by atoms with E-state index in [4.69, 9.17) is 23.2 Å². The fraction of sp³-hybridized carbons (Fsp3) is 0.400. The number of amides is 1. The highest BCUT2D eigenvalue weighted by atomic mass is 35.5. The van der Waals surface area contributed by atoms with Gasteiger partial charge in [-0.05, 0) is 55.5 Å². The van der Waals surface area contributed by atoms with Crippen molar-refractivity contribution in [3.05, 3.63) is 63.1 Å². The summed E-state index contributed by atoms with van der Waals surface area (Å²) < 4.78 is 67.0. The molecule has 4 nitrogen and oxygen atoms in total. The fourth-order valence-electron chi connectivity index (χ4n) is 3.66. The molecule has 0 spiro atoms. The molecule has 1 saturated carbocycles. The van der Waals surface area contributed by atoms with Crippen LogP contribution in [0.15, 0.2) is 30.5 Å². The lowest BCUT2D eigenvalue weighted by molar-refractivity contribution is -0.137. The molecule has 1 aliphatic rings. The van der Waals surface area contributed by atoms with E-state index < -0.39 is 52.0 Å². The van der Waals surface area contributed by atoms with Crippen LogP contribution >= 0.6 is 23.2 Å². The Labute approximate surface area is 184 Å². The van der Waals surface area contributed by atoms with Gasteiger partial charge < -0.3 is 10.4 Å². The summed E-state index contributed by atoms with van der Waals surface area (Å²) in [5.41, 5.74) is -3.59. The highest BCUT2D eigenvalue weighted by Gasteiger charge is 2.43. The third-order valence-electron chi connectivity index (χ3n) is 5.22. The summed E-state index contributed by atoms with van der Waals surface area (Å²) in [6.45, 7) is 0. The van der Waals surface area contributed by atoms with Gasteiger partial charge in [0.05, 0.1) is 22.2 Å². The first-order valence-electron chi connectivity index (χ1n) is 9.26. The Morgan fingerprint density at radius 2 is 1.87 bits per heavy atom. The van der Waals surface area contributed by atoms with Gasteiger partial charge in [-0.3, -0.25) is 4.79 Å². The van der Waals surface area contributed by atoms with Crippen LogP contribution in [0.3, 0.4) is 0 Å². The van der Waals surface area contributed by atoms with Crippen molar-refractivity contribution in [2.75, 3.05) is 0 Å². The number of pyridine rings is 1. The Balaban J connectivity index is 2.00. The summed E-state index contributed by atoms with van der Waals surface area (Å²) >= 11 is 11.7. The third-order valence-corrected chi connectivity index (χ3v) is 5.82. The van der Waals surface area contributed by atoms with Gasteiger partial charge in [-0.25, -0.2) is 13.8 Å². The molecule has 0 bridgehead atoms. The van der Waals surface area contributed by atoms with E-state index >= 15 is 0 Å². The van der Waals surface area contributed by atoms with Crippen molar-refractivity contribution in [3.63, 3.8) is 0 Å². The lowest BCUT2D eigenvalue weighted by Gasteiger charge is -2.40. The predicted molar refractivity (Wildman–Crippen MR) is 104 cm³/mol. The second kappa shape index (κ2) is 8.88. The monoisotopic (exact) mass is 482 g/mol. The van der Waals surface area contributed by atoms with E-state index in [-0.39, 0.29) is 36.3 Å². The zero-order valence-electron chi connectivity index (χ0n) is 15.8. The molecule has 0 radical (unpaired) electrons. The van der Waals surface area contributed by atoms with Gasteiger partial charge in [0.2, 0.25) is 0 Å². The number of halogens is 7. The maximum Gasteiger partial charge on any atom is 0.417 e. The molecule has 168 valence electrons. The number of aromatic nitrogens is 1. The van der Waals surface area contributed by atoms with Crippen molar-refractivity contribution >= 4 is 29.1 Å². The molecule has 1 aromatic heterocycles. The number of rotatable bonds is 4. The minimum Gasteiger partial charge on any atom is -0.387 e. The number of carbonyl (C=O) groups excluding carboxylic acids is 1. The molecule has 0 saturated heterocycles. The molecule has 1 fully saturated rings. The predicted octanol–water partition coefficient (Wildman–Crippen LogP) is 5.66. The van der Waals surface area contributed by atoms with Crippen molar-refractivity contribution in [1.29, 1.82) is 0 Å². The summed E-state index contributed by atoms with van der Waals surface area (Å²) in [7, 11) is 0. The standard InChI is InChI=1S/C20H17Cl2F5N2O2/c21-11-7-10(8-13(24)9-11)17(19(31)4-1-12(23)2-5-19)29-18(30)16-15(22)14(3-6-28-16)20(25,26)27/h3,6-9,12,17,31H,1-2,4-5H2,(H,29,30)/t12?,17-,19?/m0/s1. The largest absolute Gasteiger partial charge is 0.417 e. The molecular formula is C20H17Cl2F5N2O2. The van der Waals surface area contributed by atoms with Gasteiger partial charge in [-0.2, -0.15) is 13.2 Å².